The number of hydrogen-bond donors (Lipinski definition) is 3. The lowest BCUT2D eigenvalue weighted by Gasteiger charge is -2.27. The lowest BCUT2D eigenvalue weighted by atomic mass is 9.92. The number of halogens is 1. The van der Waals surface area contributed by atoms with Crippen molar-refractivity contribution in [2.24, 2.45) is 5.73 Å². The first kappa shape index (κ1) is 11.4. The van der Waals surface area contributed by atoms with E-state index in [0.29, 0.717) is 17.8 Å². The predicted molar refractivity (Wildman–Crippen MR) is 63.7 cm³/mol. The van der Waals surface area contributed by atoms with Crippen molar-refractivity contribution in [3.63, 3.8) is 0 Å². The van der Waals surface area contributed by atoms with Crippen molar-refractivity contribution in [1.82, 2.24) is 10.2 Å². The molecule has 4 N–H and O–H groups in total. The summed E-state index contributed by atoms with van der Waals surface area (Å²) < 4.78 is 0. The standard InChI is InChI=1S/C10H15ClN4O/c11-9-8(5-13-15-10(9)16)14-7-3-1-6(12)2-4-7/h5-7H,1-4,12H2,(H2,14,15,16). The van der Waals surface area contributed by atoms with E-state index in [1.54, 1.807) is 0 Å². The lowest BCUT2D eigenvalue weighted by molar-refractivity contribution is 0.411. The number of nitrogens with one attached hydrogen (secondary N) is 2. The molecule has 88 valence electrons. The zero-order valence-corrected chi connectivity index (χ0v) is 9.63. The van der Waals surface area contributed by atoms with Gasteiger partial charge in [0.15, 0.2) is 0 Å². The molecule has 1 aliphatic rings. The minimum atomic E-state index is -0.362. The Bertz CT molecular complexity index is 412. The summed E-state index contributed by atoms with van der Waals surface area (Å²) in [6, 6.07) is 0.645. The van der Waals surface area contributed by atoms with Crippen LogP contribution in [0.2, 0.25) is 5.02 Å². The Morgan fingerprint density at radius 3 is 2.81 bits per heavy atom. The maximum Gasteiger partial charge on any atom is 0.285 e. The molecule has 1 aliphatic carbocycles. The average Bonchev–Trinajstić information content (AvgIpc) is 2.28. The van der Waals surface area contributed by atoms with Gasteiger partial charge in [0.05, 0.1) is 11.9 Å². The number of aromatic nitrogens is 2. The molecule has 1 aromatic rings. The molecular formula is C10H15ClN4O. The van der Waals surface area contributed by atoms with Gasteiger partial charge in [-0.1, -0.05) is 11.6 Å². The van der Waals surface area contributed by atoms with Crippen LogP contribution in [-0.2, 0) is 0 Å². The molecule has 2 rings (SSSR count). The van der Waals surface area contributed by atoms with E-state index in [-0.39, 0.29) is 10.6 Å². The highest BCUT2D eigenvalue weighted by atomic mass is 35.5. The van der Waals surface area contributed by atoms with Crippen LogP contribution in [0, 0.1) is 0 Å². The van der Waals surface area contributed by atoms with E-state index < -0.39 is 0 Å². The Morgan fingerprint density at radius 1 is 1.44 bits per heavy atom. The second kappa shape index (κ2) is 4.84. The van der Waals surface area contributed by atoms with E-state index >= 15 is 0 Å². The monoisotopic (exact) mass is 242 g/mol. The Hall–Kier alpha value is -1.07. The van der Waals surface area contributed by atoms with Crippen molar-refractivity contribution < 1.29 is 0 Å². The second-order valence-electron chi connectivity index (χ2n) is 4.18. The molecule has 6 heteroatoms. The quantitative estimate of drug-likeness (QED) is 0.725. The Morgan fingerprint density at radius 2 is 2.12 bits per heavy atom. The first-order valence-electron chi connectivity index (χ1n) is 5.42. The van der Waals surface area contributed by atoms with Crippen LogP contribution in [0.25, 0.3) is 0 Å². The van der Waals surface area contributed by atoms with Crippen LogP contribution in [0.5, 0.6) is 0 Å². The summed E-state index contributed by atoms with van der Waals surface area (Å²) >= 11 is 5.87. The van der Waals surface area contributed by atoms with Crippen LogP contribution in [0.1, 0.15) is 25.7 Å². The lowest BCUT2D eigenvalue weighted by Crippen LogP contribution is -2.33. The van der Waals surface area contributed by atoms with Gasteiger partial charge < -0.3 is 11.1 Å². The maximum absolute atomic E-state index is 11.2. The highest BCUT2D eigenvalue weighted by Crippen LogP contribution is 2.23. The summed E-state index contributed by atoms with van der Waals surface area (Å²) in [6.45, 7) is 0. The highest BCUT2D eigenvalue weighted by molar-refractivity contribution is 6.32. The molecule has 1 heterocycles. The van der Waals surface area contributed by atoms with Crippen molar-refractivity contribution in [2.75, 3.05) is 5.32 Å². The third kappa shape index (κ3) is 2.54. The number of H-pyrrole nitrogens is 1. The smallest absolute Gasteiger partial charge is 0.285 e. The van der Waals surface area contributed by atoms with Gasteiger partial charge in [0.1, 0.15) is 5.02 Å². The Labute approximate surface area is 98.4 Å². The molecule has 0 aliphatic heterocycles. The molecule has 5 nitrogen and oxygen atoms in total. The zero-order valence-electron chi connectivity index (χ0n) is 8.87. The number of nitrogens with zero attached hydrogens (tertiary/aromatic N) is 1. The number of aromatic amines is 1. The van der Waals surface area contributed by atoms with Crippen molar-refractivity contribution in [3.8, 4) is 0 Å². The van der Waals surface area contributed by atoms with E-state index in [1.165, 1.54) is 6.20 Å². The maximum atomic E-state index is 11.2. The minimum absolute atomic E-state index is 0.171. The molecule has 1 saturated carbocycles. The summed E-state index contributed by atoms with van der Waals surface area (Å²) in [5, 5.41) is 9.41. The van der Waals surface area contributed by atoms with Gasteiger partial charge in [-0.15, -0.1) is 0 Å². The fourth-order valence-electron chi connectivity index (χ4n) is 1.97. The zero-order chi connectivity index (χ0) is 11.5. The van der Waals surface area contributed by atoms with Crippen LogP contribution in [0.3, 0.4) is 0 Å². The van der Waals surface area contributed by atoms with E-state index in [9.17, 15) is 4.79 Å². The van der Waals surface area contributed by atoms with Crippen LogP contribution in [0.4, 0.5) is 5.69 Å². The molecule has 0 amide bonds. The predicted octanol–water partition coefficient (Wildman–Crippen LogP) is 1.11. The second-order valence-corrected chi connectivity index (χ2v) is 4.56. The van der Waals surface area contributed by atoms with Gasteiger partial charge >= 0.3 is 0 Å². The van der Waals surface area contributed by atoms with Gasteiger partial charge in [-0.2, -0.15) is 5.10 Å². The fourth-order valence-corrected chi connectivity index (χ4v) is 2.11. The van der Waals surface area contributed by atoms with Crippen LogP contribution in [-0.4, -0.2) is 22.3 Å². The van der Waals surface area contributed by atoms with E-state index in [1.807, 2.05) is 0 Å². The highest BCUT2D eigenvalue weighted by Gasteiger charge is 2.19. The molecule has 0 unspecified atom stereocenters. The van der Waals surface area contributed by atoms with Gasteiger partial charge in [-0.25, -0.2) is 5.10 Å². The average molecular weight is 243 g/mol. The van der Waals surface area contributed by atoms with Crippen LogP contribution in [0.15, 0.2) is 11.0 Å². The van der Waals surface area contributed by atoms with Crippen LogP contribution < -0.4 is 16.6 Å². The van der Waals surface area contributed by atoms with Crippen molar-refractivity contribution in [3.05, 3.63) is 21.6 Å². The van der Waals surface area contributed by atoms with Crippen molar-refractivity contribution >= 4 is 17.3 Å². The normalized spacial score (nSPS) is 25.4. The first-order chi connectivity index (χ1) is 7.66. The topological polar surface area (TPSA) is 83.8 Å². The molecule has 0 aromatic carbocycles. The molecule has 0 radical (unpaired) electrons. The van der Waals surface area contributed by atoms with Crippen LogP contribution >= 0.6 is 11.6 Å². The summed E-state index contributed by atoms with van der Waals surface area (Å²) in [6.07, 6.45) is 5.56. The molecule has 1 aromatic heterocycles. The van der Waals surface area contributed by atoms with Gasteiger partial charge in [-0.3, -0.25) is 4.79 Å². The molecule has 0 spiro atoms. The molecule has 0 saturated heterocycles. The molecule has 0 bridgehead atoms. The molecular weight excluding hydrogens is 228 g/mol. The molecule has 16 heavy (non-hydrogen) atoms. The van der Waals surface area contributed by atoms with E-state index in [4.69, 9.17) is 17.3 Å². The minimum Gasteiger partial charge on any atom is -0.380 e. The van der Waals surface area contributed by atoms with E-state index in [2.05, 4.69) is 15.5 Å². The fraction of sp³-hybridized carbons (Fsp3) is 0.600. The Kier molecular flexibility index (Phi) is 3.46. The van der Waals surface area contributed by atoms with Gasteiger partial charge in [-0.05, 0) is 25.7 Å². The summed E-state index contributed by atoms with van der Waals surface area (Å²) in [5.74, 6) is 0. The van der Waals surface area contributed by atoms with Crippen molar-refractivity contribution in [1.29, 1.82) is 0 Å². The van der Waals surface area contributed by atoms with Gasteiger partial charge in [0.25, 0.3) is 5.56 Å². The third-order valence-electron chi connectivity index (χ3n) is 2.93. The first-order valence-corrected chi connectivity index (χ1v) is 5.80. The molecule has 1 fully saturated rings. The Balaban J connectivity index is 2.04. The summed E-state index contributed by atoms with van der Waals surface area (Å²) in [5.41, 5.74) is 6.06. The number of anilines is 1. The number of hydrogen-bond acceptors (Lipinski definition) is 4. The number of rotatable bonds is 2. The van der Waals surface area contributed by atoms with Gasteiger partial charge in [0, 0.05) is 12.1 Å². The SMILES string of the molecule is NC1CCC(Nc2cn[nH]c(=O)c2Cl)CC1. The van der Waals surface area contributed by atoms with Crippen molar-refractivity contribution in [2.45, 2.75) is 37.8 Å². The molecule has 0 atom stereocenters. The summed E-state index contributed by atoms with van der Waals surface area (Å²) in [7, 11) is 0. The van der Waals surface area contributed by atoms with Gasteiger partial charge in [0.2, 0.25) is 0 Å². The van der Waals surface area contributed by atoms with E-state index in [0.717, 1.165) is 25.7 Å². The summed E-state index contributed by atoms with van der Waals surface area (Å²) in [4.78, 5) is 11.2. The largest absolute Gasteiger partial charge is 0.380 e. The number of nitrogens with two attached hydrogens (primary N) is 1. The third-order valence-corrected chi connectivity index (χ3v) is 3.30.